The second kappa shape index (κ2) is 8.74. The number of likely N-dealkylation sites (tertiary alicyclic amines) is 1. The number of aryl methyl sites for hydroxylation is 1. The van der Waals surface area contributed by atoms with E-state index in [-0.39, 0.29) is 11.9 Å². The van der Waals surface area contributed by atoms with Gasteiger partial charge in [-0.2, -0.15) is 0 Å². The lowest BCUT2D eigenvalue weighted by Crippen LogP contribution is -2.44. The molecule has 1 saturated heterocycles. The van der Waals surface area contributed by atoms with Crippen LogP contribution < -0.4 is 5.32 Å². The predicted octanol–water partition coefficient (Wildman–Crippen LogP) is 4.27. The van der Waals surface area contributed by atoms with E-state index in [4.69, 9.17) is 23.2 Å². The number of nitrogens with zero attached hydrogens (tertiary/aromatic N) is 3. The summed E-state index contributed by atoms with van der Waals surface area (Å²) in [7, 11) is 0. The molecule has 4 rings (SSSR count). The summed E-state index contributed by atoms with van der Waals surface area (Å²) < 4.78 is 1.97. The lowest BCUT2D eigenvalue weighted by molar-refractivity contribution is -0.121. The van der Waals surface area contributed by atoms with Gasteiger partial charge in [-0.3, -0.25) is 9.69 Å². The standard InChI is InChI=1S/C22H24Cl2N4O/c1-15-3-2-8-28-14-18(26-22(15)28)12-21(29)25-17-6-9-27(10-7-17)13-16-4-5-19(23)20(24)11-16/h2-5,8,11,14,17H,6-7,9-10,12-13H2,1H3,(H,25,29). The van der Waals surface area contributed by atoms with Gasteiger partial charge in [0.25, 0.3) is 0 Å². The number of carbonyl (C=O) groups excluding carboxylic acids is 1. The molecule has 1 aliphatic heterocycles. The number of halogens is 2. The van der Waals surface area contributed by atoms with E-state index in [0.29, 0.717) is 16.5 Å². The predicted molar refractivity (Wildman–Crippen MR) is 117 cm³/mol. The number of hydrogen-bond acceptors (Lipinski definition) is 3. The Kier molecular flexibility index (Phi) is 6.09. The van der Waals surface area contributed by atoms with E-state index in [2.05, 4.69) is 15.2 Å². The van der Waals surface area contributed by atoms with Gasteiger partial charge in [0.05, 0.1) is 22.2 Å². The van der Waals surface area contributed by atoms with Gasteiger partial charge < -0.3 is 9.72 Å². The Labute approximate surface area is 180 Å². The highest BCUT2D eigenvalue weighted by molar-refractivity contribution is 6.42. The number of imidazole rings is 1. The van der Waals surface area contributed by atoms with Crippen LogP contribution in [0.1, 0.15) is 29.7 Å². The molecule has 0 spiro atoms. The van der Waals surface area contributed by atoms with Crippen LogP contribution in [0, 0.1) is 6.92 Å². The van der Waals surface area contributed by atoms with Crippen LogP contribution in [0.5, 0.6) is 0 Å². The van der Waals surface area contributed by atoms with Crippen molar-refractivity contribution in [2.75, 3.05) is 13.1 Å². The second-order valence-corrected chi connectivity index (χ2v) is 8.51. The maximum atomic E-state index is 12.5. The minimum Gasteiger partial charge on any atom is -0.353 e. The normalized spacial score (nSPS) is 15.7. The Morgan fingerprint density at radius 3 is 2.72 bits per heavy atom. The highest BCUT2D eigenvalue weighted by Crippen LogP contribution is 2.24. The van der Waals surface area contributed by atoms with Crippen molar-refractivity contribution in [1.82, 2.24) is 19.6 Å². The Morgan fingerprint density at radius 1 is 1.21 bits per heavy atom. The molecule has 1 fully saturated rings. The van der Waals surface area contributed by atoms with Gasteiger partial charge in [-0.05, 0) is 49.1 Å². The Morgan fingerprint density at radius 2 is 2.00 bits per heavy atom. The highest BCUT2D eigenvalue weighted by Gasteiger charge is 2.21. The molecule has 0 aliphatic carbocycles. The van der Waals surface area contributed by atoms with Crippen molar-refractivity contribution in [2.45, 2.75) is 38.8 Å². The molecule has 7 heteroatoms. The van der Waals surface area contributed by atoms with Crippen LogP contribution in [0.4, 0.5) is 0 Å². The van der Waals surface area contributed by atoms with Gasteiger partial charge >= 0.3 is 0 Å². The maximum Gasteiger partial charge on any atom is 0.226 e. The number of aromatic nitrogens is 2. The van der Waals surface area contributed by atoms with E-state index in [1.807, 2.05) is 54.0 Å². The van der Waals surface area contributed by atoms with Gasteiger partial charge in [0, 0.05) is 38.1 Å². The Hall–Kier alpha value is -2.08. The topological polar surface area (TPSA) is 49.6 Å². The average Bonchev–Trinajstić information content (AvgIpc) is 3.10. The van der Waals surface area contributed by atoms with Crippen LogP contribution in [0.2, 0.25) is 10.0 Å². The SMILES string of the molecule is Cc1cccn2cc(CC(=O)NC3CCN(Cc4ccc(Cl)c(Cl)c4)CC3)nc12. The number of amides is 1. The van der Waals surface area contributed by atoms with Crippen molar-refractivity contribution in [3.05, 3.63) is 69.6 Å². The zero-order valence-corrected chi connectivity index (χ0v) is 17.9. The molecule has 1 aromatic carbocycles. The number of nitrogens with one attached hydrogen (secondary N) is 1. The molecule has 0 radical (unpaired) electrons. The van der Waals surface area contributed by atoms with E-state index in [1.54, 1.807) is 0 Å². The summed E-state index contributed by atoms with van der Waals surface area (Å²) in [6.07, 6.45) is 6.08. The van der Waals surface area contributed by atoms with Crippen LogP contribution in [0.15, 0.2) is 42.7 Å². The van der Waals surface area contributed by atoms with E-state index in [0.717, 1.165) is 54.9 Å². The van der Waals surface area contributed by atoms with Crippen molar-refractivity contribution in [1.29, 1.82) is 0 Å². The van der Waals surface area contributed by atoms with Crippen molar-refractivity contribution >= 4 is 34.8 Å². The number of pyridine rings is 1. The largest absolute Gasteiger partial charge is 0.353 e. The molecule has 0 unspecified atom stereocenters. The molecule has 152 valence electrons. The van der Waals surface area contributed by atoms with Crippen LogP contribution in [-0.4, -0.2) is 39.3 Å². The average molecular weight is 431 g/mol. The molecule has 0 bridgehead atoms. The molecule has 29 heavy (non-hydrogen) atoms. The summed E-state index contributed by atoms with van der Waals surface area (Å²) in [4.78, 5) is 19.5. The third-order valence-electron chi connectivity index (χ3n) is 5.41. The van der Waals surface area contributed by atoms with Crippen LogP contribution in [0.3, 0.4) is 0 Å². The molecule has 1 amide bonds. The van der Waals surface area contributed by atoms with Gasteiger partial charge in [0.15, 0.2) is 0 Å². The Bertz CT molecular complexity index is 1020. The van der Waals surface area contributed by atoms with Gasteiger partial charge in [-0.25, -0.2) is 4.98 Å². The first-order valence-electron chi connectivity index (χ1n) is 9.87. The Balaban J connectivity index is 1.27. The van der Waals surface area contributed by atoms with Crippen LogP contribution >= 0.6 is 23.2 Å². The molecule has 1 aliphatic rings. The lowest BCUT2D eigenvalue weighted by atomic mass is 10.0. The van der Waals surface area contributed by atoms with Gasteiger partial charge in [-0.1, -0.05) is 35.3 Å². The summed E-state index contributed by atoms with van der Waals surface area (Å²) in [5.41, 5.74) is 3.97. The van der Waals surface area contributed by atoms with E-state index in [1.165, 1.54) is 0 Å². The smallest absolute Gasteiger partial charge is 0.226 e. The zero-order valence-electron chi connectivity index (χ0n) is 16.4. The third kappa shape index (κ3) is 4.92. The fourth-order valence-electron chi connectivity index (χ4n) is 3.86. The van der Waals surface area contributed by atoms with Crippen LogP contribution in [-0.2, 0) is 17.8 Å². The van der Waals surface area contributed by atoms with E-state index >= 15 is 0 Å². The summed E-state index contributed by atoms with van der Waals surface area (Å²) in [6, 6.07) is 10.0. The fourth-order valence-corrected chi connectivity index (χ4v) is 4.19. The molecule has 2 aromatic heterocycles. The molecular formula is C22H24Cl2N4O. The highest BCUT2D eigenvalue weighted by atomic mass is 35.5. The number of benzene rings is 1. The minimum absolute atomic E-state index is 0.0361. The fraction of sp³-hybridized carbons (Fsp3) is 0.364. The summed E-state index contributed by atoms with van der Waals surface area (Å²) in [5.74, 6) is 0.0361. The van der Waals surface area contributed by atoms with Gasteiger partial charge in [-0.15, -0.1) is 0 Å². The van der Waals surface area contributed by atoms with Crippen molar-refractivity contribution in [3.63, 3.8) is 0 Å². The first kappa shape index (κ1) is 20.2. The molecule has 0 atom stereocenters. The zero-order chi connectivity index (χ0) is 20.4. The summed E-state index contributed by atoms with van der Waals surface area (Å²) in [5, 5.41) is 4.35. The number of rotatable bonds is 5. The molecule has 3 aromatic rings. The van der Waals surface area contributed by atoms with E-state index < -0.39 is 0 Å². The van der Waals surface area contributed by atoms with Crippen molar-refractivity contribution < 1.29 is 4.79 Å². The van der Waals surface area contributed by atoms with Crippen molar-refractivity contribution in [2.24, 2.45) is 0 Å². The molecule has 5 nitrogen and oxygen atoms in total. The molecule has 0 saturated carbocycles. The molecular weight excluding hydrogens is 407 g/mol. The number of fused-ring (bicyclic) bond motifs is 1. The first-order valence-corrected chi connectivity index (χ1v) is 10.6. The molecule has 3 heterocycles. The van der Waals surface area contributed by atoms with Crippen LogP contribution in [0.25, 0.3) is 5.65 Å². The first-order chi connectivity index (χ1) is 14.0. The second-order valence-electron chi connectivity index (χ2n) is 7.70. The van der Waals surface area contributed by atoms with Gasteiger partial charge in [0.1, 0.15) is 5.65 Å². The number of carbonyl (C=O) groups is 1. The quantitative estimate of drug-likeness (QED) is 0.657. The maximum absolute atomic E-state index is 12.5. The number of hydrogen-bond donors (Lipinski definition) is 1. The number of piperidine rings is 1. The third-order valence-corrected chi connectivity index (χ3v) is 6.15. The monoisotopic (exact) mass is 430 g/mol. The minimum atomic E-state index is 0.0361. The molecule has 1 N–H and O–H groups in total. The lowest BCUT2D eigenvalue weighted by Gasteiger charge is -2.32. The summed E-state index contributed by atoms with van der Waals surface area (Å²) in [6.45, 7) is 4.76. The van der Waals surface area contributed by atoms with E-state index in [9.17, 15) is 4.79 Å². The summed E-state index contributed by atoms with van der Waals surface area (Å²) >= 11 is 12.1. The van der Waals surface area contributed by atoms with Gasteiger partial charge in [0.2, 0.25) is 5.91 Å². The van der Waals surface area contributed by atoms with Crippen molar-refractivity contribution in [3.8, 4) is 0 Å².